The van der Waals surface area contributed by atoms with Gasteiger partial charge in [-0.25, -0.2) is 0 Å². The molecule has 25 heavy (non-hydrogen) atoms. The van der Waals surface area contributed by atoms with Gasteiger partial charge in [-0.2, -0.15) is 5.26 Å². The van der Waals surface area contributed by atoms with Gasteiger partial charge < -0.3 is 15.5 Å². The Labute approximate surface area is 151 Å². The molecule has 128 valence electrons. The Morgan fingerprint density at radius 2 is 1.96 bits per heavy atom. The van der Waals surface area contributed by atoms with Crippen molar-refractivity contribution >= 4 is 34.8 Å². The number of hydrogen-bond acceptors (Lipinski definition) is 4. The van der Waals surface area contributed by atoms with E-state index in [1.54, 1.807) is 56.6 Å². The minimum absolute atomic E-state index is 0.0508. The lowest BCUT2D eigenvalue weighted by atomic mass is 10.1. The van der Waals surface area contributed by atoms with Crippen LogP contribution in [0.3, 0.4) is 0 Å². The fraction of sp³-hybridized carbons (Fsp3) is 0.167. The number of carbonyl (C=O) groups is 2. The second-order valence-electron chi connectivity index (χ2n) is 5.48. The van der Waals surface area contributed by atoms with Crippen LogP contribution in [-0.2, 0) is 4.79 Å². The summed E-state index contributed by atoms with van der Waals surface area (Å²) in [6.07, 6.45) is 0. The molecule has 0 bridgehead atoms. The Balaban J connectivity index is 2.07. The maximum absolute atomic E-state index is 12.2. The summed E-state index contributed by atoms with van der Waals surface area (Å²) in [6, 6.07) is 13.5. The van der Waals surface area contributed by atoms with Gasteiger partial charge in [0.05, 0.1) is 23.7 Å². The molecule has 2 aromatic carbocycles. The van der Waals surface area contributed by atoms with Crippen molar-refractivity contribution in [2.75, 3.05) is 31.3 Å². The van der Waals surface area contributed by atoms with Crippen molar-refractivity contribution in [3.05, 3.63) is 58.6 Å². The highest BCUT2D eigenvalue weighted by atomic mass is 35.5. The van der Waals surface area contributed by atoms with E-state index in [0.717, 1.165) is 0 Å². The average molecular weight is 357 g/mol. The number of hydrogen-bond donors (Lipinski definition) is 2. The Hall–Kier alpha value is -3.04. The van der Waals surface area contributed by atoms with Gasteiger partial charge in [0.15, 0.2) is 0 Å². The van der Waals surface area contributed by atoms with Crippen molar-refractivity contribution in [2.24, 2.45) is 0 Å². The second kappa shape index (κ2) is 8.18. The van der Waals surface area contributed by atoms with Crippen LogP contribution in [0.1, 0.15) is 15.9 Å². The van der Waals surface area contributed by atoms with Crippen molar-refractivity contribution in [2.45, 2.75) is 0 Å². The van der Waals surface area contributed by atoms with Crippen molar-refractivity contribution in [3.63, 3.8) is 0 Å². The third kappa shape index (κ3) is 4.96. The fourth-order valence-electron chi connectivity index (χ4n) is 2.14. The summed E-state index contributed by atoms with van der Waals surface area (Å²) in [7, 11) is 3.30. The number of nitrogens with one attached hydrogen (secondary N) is 2. The molecule has 2 rings (SSSR count). The van der Waals surface area contributed by atoms with Crippen LogP contribution in [0, 0.1) is 11.3 Å². The molecule has 0 radical (unpaired) electrons. The minimum Gasteiger partial charge on any atom is -0.375 e. The molecule has 0 aliphatic heterocycles. The third-order valence-corrected chi connectivity index (χ3v) is 3.57. The summed E-state index contributed by atoms with van der Waals surface area (Å²) >= 11 is 5.98. The van der Waals surface area contributed by atoms with Gasteiger partial charge in [-0.1, -0.05) is 17.7 Å². The zero-order valence-electron chi connectivity index (χ0n) is 13.8. The Bertz CT molecular complexity index is 843. The number of nitriles is 1. The largest absolute Gasteiger partial charge is 0.375 e. The summed E-state index contributed by atoms with van der Waals surface area (Å²) < 4.78 is 0. The van der Waals surface area contributed by atoms with Gasteiger partial charge in [0.25, 0.3) is 5.91 Å². The van der Waals surface area contributed by atoms with E-state index in [9.17, 15) is 9.59 Å². The van der Waals surface area contributed by atoms with Crippen LogP contribution >= 0.6 is 11.6 Å². The lowest BCUT2D eigenvalue weighted by Gasteiger charge is -2.15. The van der Waals surface area contributed by atoms with Crippen molar-refractivity contribution in [3.8, 4) is 6.07 Å². The second-order valence-corrected chi connectivity index (χ2v) is 5.92. The van der Waals surface area contributed by atoms with E-state index in [1.165, 1.54) is 4.90 Å². The smallest absolute Gasteiger partial charge is 0.255 e. The molecule has 2 aromatic rings. The van der Waals surface area contributed by atoms with E-state index < -0.39 is 0 Å². The van der Waals surface area contributed by atoms with Gasteiger partial charge in [0.1, 0.15) is 0 Å². The number of rotatable bonds is 5. The zero-order valence-corrected chi connectivity index (χ0v) is 14.6. The SMILES string of the molecule is CN(C)C(=O)c1ccc(Cl)cc1NCC(=O)Nc1cccc(C#N)c1. The molecular weight excluding hydrogens is 340 g/mol. The monoisotopic (exact) mass is 356 g/mol. The number of halogens is 1. The molecule has 2 N–H and O–H groups in total. The molecule has 6 nitrogen and oxygen atoms in total. The maximum Gasteiger partial charge on any atom is 0.255 e. The highest BCUT2D eigenvalue weighted by molar-refractivity contribution is 6.31. The van der Waals surface area contributed by atoms with E-state index in [4.69, 9.17) is 16.9 Å². The molecule has 0 unspecified atom stereocenters. The molecule has 0 spiro atoms. The predicted molar refractivity (Wildman–Crippen MR) is 97.7 cm³/mol. The predicted octanol–water partition coefficient (Wildman–Crippen LogP) is 2.96. The van der Waals surface area contributed by atoms with Crippen LogP contribution in [-0.4, -0.2) is 37.4 Å². The molecule has 0 aromatic heterocycles. The average Bonchev–Trinajstić information content (AvgIpc) is 2.59. The van der Waals surface area contributed by atoms with Gasteiger partial charge in [-0.05, 0) is 36.4 Å². The number of nitrogens with zero attached hydrogens (tertiary/aromatic N) is 2. The first-order valence-electron chi connectivity index (χ1n) is 7.46. The van der Waals surface area contributed by atoms with Crippen LogP contribution in [0.4, 0.5) is 11.4 Å². The van der Waals surface area contributed by atoms with E-state index in [-0.39, 0.29) is 18.4 Å². The van der Waals surface area contributed by atoms with Crippen molar-refractivity contribution in [1.29, 1.82) is 5.26 Å². The third-order valence-electron chi connectivity index (χ3n) is 3.33. The first-order valence-corrected chi connectivity index (χ1v) is 7.83. The quantitative estimate of drug-likeness (QED) is 0.862. The number of carbonyl (C=O) groups excluding carboxylic acids is 2. The van der Waals surface area contributed by atoms with Gasteiger partial charge in [-0.3, -0.25) is 9.59 Å². The highest BCUT2D eigenvalue weighted by Gasteiger charge is 2.14. The number of amides is 2. The molecule has 0 aliphatic carbocycles. The van der Waals surface area contributed by atoms with Crippen LogP contribution < -0.4 is 10.6 Å². The molecule has 0 heterocycles. The number of benzene rings is 2. The van der Waals surface area contributed by atoms with Crippen LogP contribution in [0.5, 0.6) is 0 Å². The summed E-state index contributed by atoms with van der Waals surface area (Å²) in [6.45, 7) is -0.0508. The minimum atomic E-state index is -0.307. The van der Waals surface area contributed by atoms with Crippen LogP contribution in [0.25, 0.3) is 0 Å². The fourth-order valence-corrected chi connectivity index (χ4v) is 2.31. The van der Waals surface area contributed by atoms with Crippen LogP contribution in [0.15, 0.2) is 42.5 Å². The van der Waals surface area contributed by atoms with E-state index in [2.05, 4.69) is 10.6 Å². The lowest BCUT2D eigenvalue weighted by Crippen LogP contribution is -2.25. The van der Waals surface area contributed by atoms with Gasteiger partial charge in [-0.15, -0.1) is 0 Å². The molecule has 0 fully saturated rings. The standard InChI is InChI=1S/C18H17ClN4O2/c1-23(2)18(25)15-7-6-13(19)9-16(15)21-11-17(24)22-14-5-3-4-12(8-14)10-20/h3-9,21H,11H2,1-2H3,(H,22,24). The summed E-state index contributed by atoms with van der Waals surface area (Å²) in [5.41, 5.74) is 1.89. The Morgan fingerprint density at radius 1 is 1.20 bits per heavy atom. The van der Waals surface area contributed by atoms with E-state index in [0.29, 0.717) is 27.5 Å². The molecule has 2 amide bonds. The van der Waals surface area contributed by atoms with Crippen LogP contribution in [0.2, 0.25) is 5.02 Å². The van der Waals surface area contributed by atoms with Crippen molar-refractivity contribution < 1.29 is 9.59 Å². The maximum atomic E-state index is 12.2. The molecule has 0 atom stereocenters. The Morgan fingerprint density at radius 3 is 2.64 bits per heavy atom. The van der Waals surface area contributed by atoms with Gasteiger partial charge in [0.2, 0.25) is 5.91 Å². The zero-order chi connectivity index (χ0) is 18.4. The van der Waals surface area contributed by atoms with E-state index >= 15 is 0 Å². The lowest BCUT2D eigenvalue weighted by molar-refractivity contribution is -0.114. The first-order chi connectivity index (χ1) is 11.9. The van der Waals surface area contributed by atoms with E-state index in [1.807, 2.05) is 6.07 Å². The molecular formula is C18H17ClN4O2. The Kier molecular flexibility index (Phi) is 5.98. The van der Waals surface area contributed by atoms with Gasteiger partial charge >= 0.3 is 0 Å². The topological polar surface area (TPSA) is 85.2 Å². The summed E-state index contributed by atoms with van der Waals surface area (Å²) in [5, 5.41) is 15.0. The summed E-state index contributed by atoms with van der Waals surface area (Å²) in [4.78, 5) is 25.7. The molecule has 7 heteroatoms. The van der Waals surface area contributed by atoms with Crippen molar-refractivity contribution in [1.82, 2.24) is 4.90 Å². The van der Waals surface area contributed by atoms with Gasteiger partial charge in [0, 0.05) is 30.5 Å². The normalized spacial score (nSPS) is 9.84. The molecule has 0 aliphatic rings. The molecule has 0 saturated carbocycles. The number of anilines is 2. The first kappa shape index (κ1) is 18.3. The summed E-state index contributed by atoms with van der Waals surface area (Å²) in [5.74, 6) is -0.500. The molecule has 0 saturated heterocycles. The highest BCUT2D eigenvalue weighted by Crippen LogP contribution is 2.22.